The molecule has 2 N–H and O–H groups in total. The van der Waals surface area contributed by atoms with Gasteiger partial charge in [-0.2, -0.15) is 5.10 Å². The molecule has 1 amide bonds. The SMILES string of the molecule is COc1cc(C2(C(=O)O)CC2)ccc1-c1cc2sc(-c3cnn(C)c3NC(=O)O[C@H](C)c3ccccc3)cc2s1. The Morgan fingerprint density at radius 2 is 1.70 bits per heavy atom. The maximum absolute atomic E-state index is 12.7. The number of hydrogen-bond acceptors (Lipinski definition) is 7. The number of rotatable bonds is 8. The Morgan fingerprint density at radius 3 is 2.33 bits per heavy atom. The monoisotopic (exact) mass is 573 g/mol. The van der Waals surface area contributed by atoms with Crippen LogP contribution in [0, 0.1) is 0 Å². The fourth-order valence-corrected chi connectivity index (χ4v) is 7.33. The normalized spacial score (nSPS) is 14.6. The number of aliphatic carboxylic acids is 1. The smallest absolute Gasteiger partial charge is 0.413 e. The van der Waals surface area contributed by atoms with E-state index in [1.165, 1.54) is 0 Å². The predicted molar refractivity (Wildman–Crippen MR) is 157 cm³/mol. The molecule has 0 saturated heterocycles. The Bertz CT molecular complexity index is 1700. The lowest BCUT2D eigenvalue weighted by atomic mass is 9.94. The molecule has 3 aromatic heterocycles. The van der Waals surface area contributed by atoms with Crippen LogP contribution >= 0.6 is 22.7 Å². The number of nitrogens with zero attached hydrogens (tertiary/aromatic N) is 2. The van der Waals surface area contributed by atoms with Crippen molar-refractivity contribution in [2.45, 2.75) is 31.3 Å². The Balaban J connectivity index is 1.24. The molecule has 8 nitrogen and oxygen atoms in total. The van der Waals surface area contributed by atoms with Crippen LogP contribution in [0.15, 0.2) is 66.9 Å². The van der Waals surface area contributed by atoms with Crippen molar-refractivity contribution in [3.8, 4) is 26.6 Å². The highest BCUT2D eigenvalue weighted by molar-refractivity contribution is 7.31. The van der Waals surface area contributed by atoms with E-state index in [0.717, 1.165) is 41.4 Å². The van der Waals surface area contributed by atoms with E-state index in [0.29, 0.717) is 24.4 Å². The van der Waals surface area contributed by atoms with Crippen LogP contribution in [0.5, 0.6) is 5.75 Å². The second-order valence-corrected chi connectivity index (χ2v) is 12.0. The molecule has 204 valence electrons. The summed E-state index contributed by atoms with van der Waals surface area (Å²) in [6.45, 7) is 1.84. The van der Waals surface area contributed by atoms with Crippen LogP contribution in [-0.2, 0) is 22.0 Å². The Hall–Kier alpha value is -4.15. The maximum Gasteiger partial charge on any atom is 0.413 e. The van der Waals surface area contributed by atoms with Gasteiger partial charge in [0, 0.05) is 31.8 Å². The van der Waals surface area contributed by atoms with Gasteiger partial charge in [0.15, 0.2) is 0 Å². The number of carboxylic acids is 1. The second kappa shape index (κ2) is 10.1. The summed E-state index contributed by atoms with van der Waals surface area (Å²) in [5.41, 5.74) is 2.67. The van der Waals surface area contributed by atoms with Gasteiger partial charge >= 0.3 is 12.1 Å². The van der Waals surface area contributed by atoms with Crippen LogP contribution in [0.3, 0.4) is 0 Å². The van der Waals surface area contributed by atoms with Crippen molar-refractivity contribution in [3.05, 3.63) is 78.0 Å². The Morgan fingerprint density at radius 1 is 1.02 bits per heavy atom. The Labute approximate surface area is 238 Å². The fourth-order valence-electron chi connectivity index (χ4n) is 4.89. The molecule has 0 bridgehead atoms. The molecular weight excluding hydrogens is 546 g/mol. The maximum atomic E-state index is 12.7. The van der Waals surface area contributed by atoms with Crippen molar-refractivity contribution in [1.82, 2.24) is 9.78 Å². The van der Waals surface area contributed by atoms with Gasteiger partial charge in [0.1, 0.15) is 17.7 Å². The number of benzene rings is 2. The van der Waals surface area contributed by atoms with Gasteiger partial charge in [-0.25, -0.2) is 4.79 Å². The van der Waals surface area contributed by atoms with Gasteiger partial charge in [-0.05, 0) is 55.2 Å². The molecule has 5 aromatic rings. The van der Waals surface area contributed by atoms with Crippen molar-refractivity contribution in [3.63, 3.8) is 0 Å². The number of carboxylic acid groups (broad SMARTS) is 1. The highest BCUT2D eigenvalue weighted by atomic mass is 32.1. The summed E-state index contributed by atoms with van der Waals surface area (Å²) in [6, 6.07) is 19.5. The zero-order valence-electron chi connectivity index (χ0n) is 22.1. The number of nitrogens with one attached hydrogen (secondary N) is 1. The van der Waals surface area contributed by atoms with E-state index in [9.17, 15) is 14.7 Å². The molecule has 0 unspecified atom stereocenters. The minimum absolute atomic E-state index is 0.395. The summed E-state index contributed by atoms with van der Waals surface area (Å²) in [7, 11) is 3.39. The molecule has 6 rings (SSSR count). The average Bonchev–Trinajstić information content (AvgIpc) is 3.38. The number of hydrogen-bond donors (Lipinski definition) is 2. The first-order valence-corrected chi connectivity index (χ1v) is 14.4. The Kier molecular flexibility index (Phi) is 6.59. The van der Waals surface area contributed by atoms with Crippen LogP contribution < -0.4 is 10.1 Å². The number of amides is 1. The minimum Gasteiger partial charge on any atom is -0.496 e. The fraction of sp³-hybridized carbons (Fsp3) is 0.233. The van der Waals surface area contributed by atoms with Crippen molar-refractivity contribution in [2.24, 2.45) is 7.05 Å². The number of carbonyl (C=O) groups excluding carboxylic acids is 1. The van der Waals surface area contributed by atoms with Gasteiger partial charge in [0.25, 0.3) is 0 Å². The second-order valence-electron chi connectivity index (χ2n) is 9.87. The van der Waals surface area contributed by atoms with E-state index in [4.69, 9.17) is 9.47 Å². The van der Waals surface area contributed by atoms with Gasteiger partial charge in [-0.15, -0.1) is 22.7 Å². The van der Waals surface area contributed by atoms with Crippen molar-refractivity contribution < 1.29 is 24.2 Å². The summed E-state index contributed by atoms with van der Waals surface area (Å²) in [5, 5.41) is 16.9. The number of aromatic nitrogens is 2. The molecule has 1 aliphatic carbocycles. The number of ether oxygens (including phenoxy) is 2. The molecule has 1 atom stereocenters. The van der Waals surface area contributed by atoms with Gasteiger partial charge in [-0.3, -0.25) is 14.8 Å². The quantitative estimate of drug-likeness (QED) is 0.200. The largest absolute Gasteiger partial charge is 0.496 e. The van der Waals surface area contributed by atoms with E-state index in [2.05, 4.69) is 22.5 Å². The zero-order valence-corrected chi connectivity index (χ0v) is 23.8. The van der Waals surface area contributed by atoms with Crippen LogP contribution in [0.1, 0.15) is 37.0 Å². The first-order chi connectivity index (χ1) is 19.3. The number of carbonyl (C=O) groups is 2. The molecular formula is C30H27N3O5S2. The molecule has 1 saturated carbocycles. The molecule has 1 aliphatic rings. The predicted octanol–water partition coefficient (Wildman–Crippen LogP) is 7.46. The van der Waals surface area contributed by atoms with Crippen LogP contribution in [-0.4, -0.2) is 34.1 Å². The highest BCUT2D eigenvalue weighted by Gasteiger charge is 2.52. The van der Waals surface area contributed by atoms with Gasteiger partial charge in [-0.1, -0.05) is 36.4 Å². The number of thiophene rings is 2. The molecule has 0 spiro atoms. The van der Waals surface area contributed by atoms with E-state index in [1.54, 1.807) is 47.7 Å². The van der Waals surface area contributed by atoms with Crippen LogP contribution in [0.2, 0.25) is 0 Å². The third-order valence-electron chi connectivity index (χ3n) is 7.36. The van der Waals surface area contributed by atoms with E-state index < -0.39 is 23.6 Å². The topological polar surface area (TPSA) is 103 Å². The number of fused-ring (bicyclic) bond motifs is 1. The first kappa shape index (κ1) is 26.1. The van der Waals surface area contributed by atoms with Crippen LogP contribution in [0.4, 0.5) is 10.6 Å². The molecule has 3 heterocycles. The van der Waals surface area contributed by atoms with E-state index in [-0.39, 0.29) is 0 Å². The summed E-state index contributed by atoms with van der Waals surface area (Å²) in [5.74, 6) is 0.444. The molecule has 40 heavy (non-hydrogen) atoms. The first-order valence-electron chi connectivity index (χ1n) is 12.8. The molecule has 1 fully saturated rings. The minimum atomic E-state index is -0.783. The number of anilines is 1. The highest BCUT2D eigenvalue weighted by Crippen LogP contribution is 2.51. The third kappa shape index (κ3) is 4.63. The summed E-state index contributed by atoms with van der Waals surface area (Å²) in [4.78, 5) is 26.5. The molecule has 2 aromatic carbocycles. The third-order valence-corrected chi connectivity index (χ3v) is 9.72. The number of methoxy groups -OCH3 is 1. The van der Waals surface area contributed by atoms with E-state index >= 15 is 0 Å². The lowest BCUT2D eigenvalue weighted by Gasteiger charge is -2.15. The van der Waals surface area contributed by atoms with Gasteiger partial charge in [0.2, 0.25) is 0 Å². The van der Waals surface area contributed by atoms with Crippen LogP contribution in [0.25, 0.3) is 30.3 Å². The molecule has 0 aliphatic heterocycles. The van der Waals surface area contributed by atoms with Crippen molar-refractivity contribution in [2.75, 3.05) is 12.4 Å². The lowest BCUT2D eigenvalue weighted by molar-refractivity contribution is -0.140. The number of aryl methyl sites for hydroxylation is 1. The summed E-state index contributed by atoms with van der Waals surface area (Å²) < 4.78 is 15.1. The van der Waals surface area contributed by atoms with Gasteiger partial charge in [0.05, 0.1) is 24.3 Å². The molecule has 0 radical (unpaired) electrons. The standard InChI is InChI=1S/C30H27N3O5S2/c1-17(18-7-5-4-6-8-18)38-29(36)32-27-21(16-31-33(27)2)24-15-26-25(40-24)14-23(39-26)20-10-9-19(13-22(20)37-3)30(11-12-30)28(34)35/h4-10,13-17H,11-12H2,1-3H3,(H,32,36)(H,34,35)/t17-/m1/s1. The average molecular weight is 574 g/mol. The zero-order chi connectivity index (χ0) is 28.0. The van der Waals surface area contributed by atoms with E-state index in [1.807, 2.05) is 55.5 Å². The molecule has 10 heteroatoms. The lowest BCUT2D eigenvalue weighted by Crippen LogP contribution is -2.19. The summed E-state index contributed by atoms with van der Waals surface area (Å²) in [6.07, 6.45) is 2.10. The van der Waals surface area contributed by atoms with Gasteiger partial charge < -0.3 is 14.6 Å². The van der Waals surface area contributed by atoms with Crippen molar-refractivity contribution >= 4 is 50.0 Å². The van der Waals surface area contributed by atoms with Crippen molar-refractivity contribution in [1.29, 1.82) is 0 Å². The summed E-state index contributed by atoms with van der Waals surface area (Å²) >= 11 is 3.25.